The van der Waals surface area contributed by atoms with E-state index in [9.17, 15) is 38.2 Å². The van der Waals surface area contributed by atoms with Crippen molar-refractivity contribution in [3.63, 3.8) is 0 Å². The lowest BCUT2D eigenvalue weighted by atomic mass is 9.99. The number of hydrogen-bond donors (Lipinski definition) is 6. The highest BCUT2D eigenvalue weighted by atomic mass is 32.3. The summed E-state index contributed by atoms with van der Waals surface area (Å²) in [6, 6.07) is -0.942. The third-order valence-corrected chi connectivity index (χ3v) is 18.0. The first kappa shape index (κ1) is 79.9. The molecule has 1 saturated heterocycles. The molecule has 0 bridgehead atoms. The zero-order chi connectivity index (χ0) is 60.4. The van der Waals surface area contributed by atoms with E-state index in [1.54, 1.807) is 6.08 Å². The first-order valence-electron chi connectivity index (χ1n) is 36.1. The van der Waals surface area contributed by atoms with E-state index in [-0.39, 0.29) is 18.9 Å². The Morgan fingerprint density at radius 1 is 0.470 bits per heavy atom. The second-order valence-electron chi connectivity index (χ2n) is 25.5. The molecule has 0 aromatic carbocycles. The van der Waals surface area contributed by atoms with Gasteiger partial charge in [0, 0.05) is 6.42 Å². The molecule has 1 fully saturated rings. The van der Waals surface area contributed by atoms with Crippen molar-refractivity contribution in [1.29, 1.82) is 0 Å². The van der Waals surface area contributed by atoms with Crippen molar-refractivity contribution >= 4 is 16.3 Å². The number of aliphatic hydroxyl groups excluding tert-OH is 4. The van der Waals surface area contributed by atoms with Gasteiger partial charge in [0.05, 0.1) is 25.4 Å². The monoisotopic (exact) mass is 1200 g/mol. The molecule has 1 amide bonds. The summed E-state index contributed by atoms with van der Waals surface area (Å²) in [5.41, 5.74) is 0. The molecule has 1 heterocycles. The molecule has 12 nitrogen and oxygen atoms in total. The Bertz CT molecular complexity index is 1500. The van der Waals surface area contributed by atoms with Gasteiger partial charge in [-0.2, -0.15) is 8.42 Å². The molecular formula is C70H137NO11S. The molecule has 0 spiro atoms. The first-order valence-corrected chi connectivity index (χ1v) is 37.4. The number of aliphatic hydroxyl groups is 4. The summed E-state index contributed by atoms with van der Waals surface area (Å²) < 4.78 is 48.0. The summed E-state index contributed by atoms with van der Waals surface area (Å²) in [7, 11) is -5.09. The number of nitrogens with one attached hydrogen (secondary N) is 1. The van der Waals surface area contributed by atoms with Crippen LogP contribution in [-0.4, -0.2) is 95.4 Å². The van der Waals surface area contributed by atoms with Crippen LogP contribution in [0.5, 0.6) is 0 Å². The van der Waals surface area contributed by atoms with Crippen molar-refractivity contribution in [2.45, 2.75) is 416 Å². The molecule has 0 aromatic rings. The molecule has 13 heteroatoms. The number of carbonyl (C=O) groups excluding carboxylic acids is 1. The van der Waals surface area contributed by atoms with E-state index >= 15 is 0 Å². The molecule has 6 N–H and O–H groups in total. The van der Waals surface area contributed by atoms with Crippen LogP contribution in [0.25, 0.3) is 0 Å². The second-order valence-corrected chi connectivity index (χ2v) is 26.6. The van der Waals surface area contributed by atoms with E-state index in [4.69, 9.17) is 9.47 Å². The van der Waals surface area contributed by atoms with Gasteiger partial charge in [-0.15, -0.1) is 0 Å². The predicted octanol–water partition coefficient (Wildman–Crippen LogP) is 18.9. The van der Waals surface area contributed by atoms with Gasteiger partial charge < -0.3 is 35.2 Å². The molecule has 494 valence electrons. The van der Waals surface area contributed by atoms with Crippen molar-refractivity contribution in [2.24, 2.45) is 0 Å². The lowest BCUT2D eigenvalue weighted by molar-refractivity contribution is -0.298. The third kappa shape index (κ3) is 51.4. The van der Waals surface area contributed by atoms with E-state index in [0.717, 1.165) is 38.5 Å². The van der Waals surface area contributed by atoms with Gasteiger partial charge in [0.2, 0.25) is 5.91 Å². The molecule has 1 aliphatic rings. The minimum absolute atomic E-state index is 0.253. The van der Waals surface area contributed by atoms with Crippen molar-refractivity contribution in [3.8, 4) is 0 Å². The Hall–Kier alpha value is -1.16. The summed E-state index contributed by atoms with van der Waals surface area (Å²) in [6.07, 6.45) is 67.3. The highest BCUT2D eigenvalue weighted by Gasteiger charge is 2.48. The average molecular weight is 1200 g/mol. The summed E-state index contributed by atoms with van der Waals surface area (Å²) in [6.45, 7) is 3.47. The Labute approximate surface area is 512 Å². The Kier molecular flexibility index (Phi) is 57.5. The summed E-state index contributed by atoms with van der Waals surface area (Å²) in [4.78, 5) is 13.2. The molecule has 7 atom stereocenters. The number of ether oxygens (including phenoxy) is 2. The summed E-state index contributed by atoms with van der Waals surface area (Å²) >= 11 is 0. The maximum Gasteiger partial charge on any atom is 0.397 e. The van der Waals surface area contributed by atoms with Crippen LogP contribution in [0.15, 0.2) is 12.2 Å². The normalized spacial score (nSPS) is 18.4. The van der Waals surface area contributed by atoms with Gasteiger partial charge in [-0.25, -0.2) is 4.18 Å². The maximum atomic E-state index is 13.2. The molecule has 1 rings (SSSR count). The van der Waals surface area contributed by atoms with E-state index in [0.29, 0.717) is 6.42 Å². The SMILES string of the molecule is CCCCCCCCCCCCCCCCCCCCC/C=C/C(O)C(COC1OC(CO)C(O)C(OS(=O)(=O)O)C1O)NC(=O)CCCCCCCCCCCCCCCCCCCCCCCCCCCCCCCCCCCCC. The second kappa shape index (κ2) is 59.8. The van der Waals surface area contributed by atoms with Gasteiger partial charge in [-0.3, -0.25) is 9.35 Å². The van der Waals surface area contributed by atoms with Crippen LogP contribution in [0.2, 0.25) is 0 Å². The van der Waals surface area contributed by atoms with Gasteiger partial charge in [0.1, 0.15) is 24.4 Å². The van der Waals surface area contributed by atoms with Crippen LogP contribution in [0.3, 0.4) is 0 Å². The molecule has 0 saturated carbocycles. The van der Waals surface area contributed by atoms with E-state index in [2.05, 4.69) is 23.3 Å². The highest BCUT2D eigenvalue weighted by molar-refractivity contribution is 7.80. The molecule has 0 aromatic heterocycles. The van der Waals surface area contributed by atoms with Gasteiger partial charge in [-0.05, 0) is 19.3 Å². The van der Waals surface area contributed by atoms with Crippen LogP contribution < -0.4 is 5.32 Å². The van der Waals surface area contributed by atoms with Crippen molar-refractivity contribution in [2.75, 3.05) is 13.2 Å². The van der Waals surface area contributed by atoms with E-state index in [1.807, 2.05) is 6.08 Å². The first-order chi connectivity index (χ1) is 40.5. The standard InChI is InChI=1S/C70H137NO11S/c1-3-5-7-9-11-13-15-17-19-21-23-25-26-27-28-29-30-31-32-33-34-35-36-37-38-40-42-44-46-48-50-52-54-56-58-60-66(74)71-63(62-80-70-68(76)69(82-83(77,78)79)67(75)65(61-72)81-70)64(73)59-57-55-53-51-49-47-45-43-41-39-24-22-20-18-16-14-12-10-8-6-4-2/h57,59,63-65,67-70,72-73,75-76H,3-56,58,60-62H2,1-2H3,(H,71,74)(H,77,78,79)/b59-57+. The third-order valence-electron chi connectivity index (χ3n) is 17.6. The van der Waals surface area contributed by atoms with Crippen LogP contribution in [-0.2, 0) is 28.9 Å². The molecule has 0 radical (unpaired) electrons. The largest absolute Gasteiger partial charge is 0.397 e. The van der Waals surface area contributed by atoms with Crippen LogP contribution in [0.1, 0.15) is 373 Å². The summed E-state index contributed by atoms with van der Waals surface area (Å²) in [5.74, 6) is -0.253. The molecule has 7 unspecified atom stereocenters. The lowest BCUT2D eigenvalue weighted by Crippen LogP contribution is -2.61. The number of hydrogen-bond acceptors (Lipinski definition) is 10. The number of unbranched alkanes of at least 4 members (excludes halogenated alkanes) is 53. The van der Waals surface area contributed by atoms with E-state index < -0.39 is 59.9 Å². The van der Waals surface area contributed by atoms with E-state index in [1.165, 1.54) is 308 Å². The van der Waals surface area contributed by atoms with Crippen LogP contribution >= 0.6 is 0 Å². The Morgan fingerprint density at radius 2 is 0.759 bits per heavy atom. The fourth-order valence-electron chi connectivity index (χ4n) is 12.1. The molecule has 83 heavy (non-hydrogen) atoms. The smallest absolute Gasteiger partial charge is 0.394 e. The average Bonchev–Trinajstić information content (AvgIpc) is 3.60. The quantitative estimate of drug-likeness (QED) is 0.0193. The highest BCUT2D eigenvalue weighted by Crippen LogP contribution is 2.27. The fourth-order valence-corrected chi connectivity index (χ4v) is 12.6. The van der Waals surface area contributed by atoms with Gasteiger partial charge in [0.15, 0.2) is 6.29 Å². The fraction of sp³-hybridized carbons (Fsp3) is 0.957. The van der Waals surface area contributed by atoms with Crippen LogP contribution in [0, 0.1) is 0 Å². The zero-order valence-electron chi connectivity index (χ0n) is 54.3. The predicted molar refractivity (Wildman–Crippen MR) is 347 cm³/mol. The number of carbonyl (C=O) groups is 1. The minimum atomic E-state index is -5.09. The van der Waals surface area contributed by atoms with Crippen molar-refractivity contribution < 1.29 is 51.8 Å². The van der Waals surface area contributed by atoms with Crippen molar-refractivity contribution in [3.05, 3.63) is 12.2 Å². The minimum Gasteiger partial charge on any atom is -0.394 e. The molecule has 0 aliphatic carbocycles. The zero-order valence-corrected chi connectivity index (χ0v) is 55.1. The summed E-state index contributed by atoms with van der Waals surface area (Å²) in [5, 5.41) is 45.2. The van der Waals surface area contributed by atoms with Gasteiger partial charge >= 0.3 is 10.4 Å². The van der Waals surface area contributed by atoms with Gasteiger partial charge in [0.25, 0.3) is 0 Å². The van der Waals surface area contributed by atoms with Gasteiger partial charge in [-0.1, -0.05) is 360 Å². The number of amides is 1. The van der Waals surface area contributed by atoms with Crippen LogP contribution in [0.4, 0.5) is 0 Å². The topological polar surface area (TPSA) is 192 Å². The number of rotatable bonds is 65. The maximum absolute atomic E-state index is 13.2. The number of allylic oxidation sites excluding steroid dienone is 1. The molecular weight excluding hydrogens is 1060 g/mol. The Morgan fingerprint density at radius 3 is 1.05 bits per heavy atom. The Balaban J connectivity index is 2.19. The lowest BCUT2D eigenvalue weighted by Gasteiger charge is -2.41. The van der Waals surface area contributed by atoms with Crippen molar-refractivity contribution in [1.82, 2.24) is 5.32 Å². The molecule has 1 aliphatic heterocycles.